The molecule has 0 aliphatic rings. The summed E-state index contributed by atoms with van der Waals surface area (Å²) in [6.45, 7) is 9.69. The minimum atomic E-state index is -2.87. The summed E-state index contributed by atoms with van der Waals surface area (Å²) < 4.78 is 6.56. The van der Waals surface area contributed by atoms with Crippen molar-refractivity contribution in [3.8, 4) is 0 Å². The highest BCUT2D eigenvalue weighted by Crippen LogP contribution is 2.36. The van der Waals surface area contributed by atoms with Crippen LogP contribution in [-0.2, 0) is 4.43 Å². The first-order chi connectivity index (χ1) is 14.1. The van der Waals surface area contributed by atoms with Gasteiger partial charge >= 0.3 is 0 Å². The van der Waals surface area contributed by atoms with Crippen molar-refractivity contribution in [2.75, 3.05) is 6.61 Å². The summed E-state index contributed by atoms with van der Waals surface area (Å²) >= 11 is 0. The van der Waals surface area contributed by atoms with E-state index in [1.54, 1.807) is 0 Å². The molecule has 164 valence electrons. The summed E-state index contributed by atoms with van der Waals surface area (Å²) in [5.74, 6) is 0. The largest absolute Gasteiger partial charge is 0.405 e. The normalized spacial score (nSPS) is 16.5. The molecule has 0 saturated heterocycles. The summed E-state index contributed by atoms with van der Waals surface area (Å²) in [4.78, 5) is 0. The molecule has 0 spiro atoms. The van der Waals surface area contributed by atoms with Gasteiger partial charge in [0.15, 0.2) is 0 Å². The monoisotopic (exact) mass is 430 g/mol. The Kier molecular flexibility index (Phi) is 8.55. The van der Waals surface area contributed by atoms with Gasteiger partial charge in [0, 0.05) is 0 Å². The molecule has 6 heteroatoms. The van der Waals surface area contributed by atoms with Crippen molar-refractivity contribution in [1.29, 1.82) is 0 Å². The van der Waals surface area contributed by atoms with E-state index in [1.165, 1.54) is 6.08 Å². The first-order valence-corrected chi connectivity index (χ1v) is 12.1. The van der Waals surface area contributed by atoms with Crippen LogP contribution in [0.5, 0.6) is 0 Å². The third kappa shape index (κ3) is 5.27. The molecule has 2 aromatic carbocycles. The highest BCUT2D eigenvalue weighted by molar-refractivity contribution is 6.99. The maximum Gasteiger partial charge on any atom is 0.261 e. The molecule has 30 heavy (non-hydrogen) atoms. The smallest absolute Gasteiger partial charge is 0.261 e. The van der Waals surface area contributed by atoms with Crippen LogP contribution < -0.4 is 10.4 Å². The van der Waals surface area contributed by atoms with Gasteiger partial charge in [-0.1, -0.05) is 87.5 Å². The van der Waals surface area contributed by atoms with E-state index in [-0.39, 0.29) is 18.1 Å². The Morgan fingerprint density at radius 2 is 1.27 bits per heavy atom. The molecule has 2 rings (SSSR count). The van der Waals surface area contributed by atoms with Gasteiger partial charge in [-0.2, -0.15) is 0 Å². The second-order valence-corrected chi connectivity index (χ2v) is 12.9. The standard InChI is InChI=1S/C24H34O5Si/c1-5-12-20(25)22(27)23(28)21(26)17-29-30(24(2,3)4,18-13-8-6-9-14-18)19-15-10-7-11-16-19/h5-11,13-16,20-23,25-28H,1,12,17H2,2-4H3/t20-,21-,22+,23-/m1/s1. The van der Waals surface area contributed by atoms with Gasteiger partial charge in [-0.05, 0) is 21.8 Å². The van der Waals surface area contributed by atoms with E-state index >= 15 is 0 Å². The number of aliphatic hydroxyl groups excluding tert-OH is 4. The predicted octanol–water partition coefficient (Wildman–Crippen LogP) is 1.58. The predicted molar refractivity (Wildman–Crippen MR) is 122 cm³/mol. The van der Waals surface area contributed by atoms with E-state index < -0.39 is 32.7 Å². The van der Waals surface area contributed by atoms with Crippen LogP contribution in [0, 0.1) is 0 Å². The van der Waals surface area contributed by atoms with Crippen molar-refractivity contribution in [3.63, 3.8) is 0 Å². The van der Waals surface area contributed by atoms with Crippen molar-refractivity contribution in [3.05, 3.63) is 73.3 Å². The fraction of sp³-hybridized carbons (Fsp3) is 0.417. The Hall–Kier alpha value is -1.80. The molecular formula is C24H34O5Si. The van der Waals surface area contributed by atoms with Crippen molar-refractivity contribution >= 4 is 18.7 Å². The quantitative estimate of drug-likeness (QED) is 0.339. The van der Waals surface area contributed by atoms with Gasteiger partial charge in [0.05, 0.1) is 12.7 Å². The molecule has 0 saturated carbocycles. The van der Waals surface area contributed by atoms with Gasteiger partial charge in [-0.3, -0.25) is 0 Å². The van der Waals surface area contributed by atoms with Gasteiger partial charge in [0.1, 0.15) is 18.3 Å². The van der Waals surface area contributed by atoms with E-state index in [4.69, 9.17) is 4.43 Å². The number of hydrogen-bond donors (Lipinski definition) is 4. The highest BCUT2D eigenvalue weighted by atomic mass is 28.4. The summed E-state index contributed by atoms with van der Waals surface area (Å²) in [7, 11) is -2.87. The maximum absolute atomic E-state index is 10.6. The molecule has 0 bridgehead atoms. The molecule has 0 aliphatic heterocycles. The molecule has 0 heterocycles. The van der Waals surface area contributed by atoms with Crippen LogP contribution in [0.25, 0.3) is 0 Å². The number of benzene rings is 2. The number of aliphatic hydroxyl groups is 4. The van der Waals surface area contributed by atoms with E-state index in [0.29, 0.717) is 0 Å². The molecular weight excluding hydrogens is 396 g/mol. The zero-order chi connectivity index (χ0) is 22.4. The van der Waals surface area contributed by atoms with Crippen molar-refractivity contribution in [2.45, 2.75) is 56.6 Å². The summed E-state index contributed by atoms with van der Waals surface area (Å²) in [6, 6.07) is 19.9. The van der Waals surface area contributed by atoms with E-state index in [2.05, 4.69) is 27.4 Å². The van der Waals surface area contributed by atoms with Crippen LogP contribution in [0.3, 0.4) is 0 Å². The zero-order valence-electron chi connectivity index (χ0n) is 18.0. The van der Waals surface area contributed by atoms with Crippen LogP contribution in [0.2, 0.25) is 5.04 Å². The average Bonchev–Trinajstić information content (AvgIpc) is 2.73. The van der Waals surface area contributed by atoms with Gasteiger partial charge in [-0.15, -0.1) is 6.58 Å². The molecule has 2 aromatic rings. The third-order valence-electron chi connectivity index (χ3n) is 5.43. The maximum atomic E-state index is 10.6. The molecule has 0 fully saturated rings. The summed E-state index contributed by atoms with van der Waals surface area (Å²) in [6.07, 6.45) is -4.05. The Balaban J connectivity index is 2.38. The molecule has 4 N–H and O–H groups in total. The number of hydrogen-bond acceptors (Lipinski definition) is 5. The van der Waals surface area contributed by atoms with Gasteiger partial charge < -0.3 is 24.9 Å². The van der Waals surface area contributed by atoms with Crippen LogP contribution in [-0.4, -0.2) is 59.8 Å². The summed E-state index contributed by atoms with van der Waals surface area (Å²) in [5, 5.41) is 42.9. The van der Waals surface area contributed by atoms with Gasteiger partial charge in [-0.25, -0.2) is 0 Å². The van der Waals surface area contributed by atoms with Gasteiger partial charge in [0.25, 0.3) is 8.32 Å². The van der Waals surface area contributed by atoms with Gasteiger partial charge in [0.2, 0.25) is 0 Å². The van der Waals surface area contributed by atoms with Crippen molar-refractivity contribution in [1.82, 2.24) is 0 Å². The van der Waals surface area contributed by atoms with Crippen molar-refractivity contribution < 1.29 is 24.9 Å². The molecule has 0 unspecified atom stereocenters. The molecule has 0 radical (unpaired) electrons. The first-order valence-electron chi connectivity index (χ1n) is 10.2. The second-order valence-electron chi connectivity index (χ2n) is 8.61. The Morgan fingerprint density at radius 1 is 0.833 bits per heavy atom. The molecule has 4 atom stereocenters. The molecule has 0 aromatic heterocycles. The van der Waals surface area contributed by atoms with Crippen molar-refractivity contribution in [2.24, 2.45) is 0 Å². The first kappa shape index (κ1) is 24.5. The Morgan fingerprint density at radius 3 is 1.67 bits per heavy atom. The lowest BCUT2D eigenvalue weighted by Crippen LogP contribution is -2.67. The number of rotatable bonds is 10. The topological polar surface area (TPSA) is 90.2 Å². The fourth-order valence-corrected chi connectivity index (χ4v) is 8.41. The fourth-order valence-electron chi connectivity index (χ4n) is 3.84. The summed E-state index contributed by atoms with van der Waals surface area (Å²) in [5.41, 5.74) is 0. The van der Waals surface area contributed by atoms with E-state index in [0.717, 1.165) is 10.4 Å². The molecule has 0 amide bonds. The lowest BCUT2D eigenvalue weighted by Gasteiger charge is -2.43. The van der Waals surface area contributed by atoms with Crippen LogP contribution in [0.1, 0.15) is 27.2 Å². The highest BCUT2D eigenvalue weighted by Gasteiger charge is 2.50. The van der Waals surface area contributed by atoms with Crippen LogP contribution >= 0.6 is 0 Å². The van der Waals surface area contributed by atoms with Crippen LogP contribution in [0.15, 0.2) is 73.3 Å². The van der Waals surface area contributed by atoms with Crippen LogP contribution in [0.4, 0.5) is 0 Å². The lowest BCUT2D eigenvalue weighted by atomic mass is 10.0. The zero-order valence-corrected chi connectivity index (χ0v) is 19.0. The van der Waals surface area contributed by atoms with E-state index in [9.17, 15) is 20.4 Å². The minimum absolute atomic E-state index is 0.112. The Bertz CT molecular complexity index is 736. The third-order valence-corrected chi connectivity index (χ3v) is 10.4. The SMILES string of the molecule is C=CC[C@@H](O)[C@H](O)[C@H](O)[C@H](O)CO[Si](c1ccccc1)(c1ccccc1)C(C)(C)C. The average molecular weight is 431 g/mol. The molecule has 0 aliphatic carbocycles. The minimum Gasteiger partial charge on any atom is -0.405 e. The Labute approximate surface area is 180 Å². The van der Waals surface area contributed by atoms with E-state index in [1.807, 2.05) is 60.7 Å². The lowest BCUT2D eigenvalue weighted by molar-refractivity contribution is -0.112. The second kappa shape index (κ2) is 10.5. The molecule has 5 nitrogen and oxygen atoms in total.